The van der Waals surface area contributed by atoms with E-state index in [-0.39, 0.29) is 11.6 Å². The molecule has 1 N–H and O–H groups in total. The van der Waals surface area contributed by atoms with E-state index >= 15 is 0 Å². The van der Waals surface area contributed by atoms with Crippen molar-refractivity contribution in [2.45, 2.75) is 37.8 Å². The number of tetrazole rings is 1. The highest BCUT2D eigenvalue weighted by atomic mass is 16.5. The third kappa shape index (κ3) is 3.29. The standard InChI is InChI=1S/C12H23N5O2/c1-4-13-10(9-11-14-16-17(2)15-11)12(18-3)5-7-19-8-6-12/h10,13H,4-9H2,1-3H3. The molecule has 1 aliphatic heterocycles. The summed E-state index contributed by atoms with van der Waals surface area (Å²) < 4.78 is 11.3. The summed E-state index contributed by atoms with van der Waals surface area (Å²) in [5, 5.41) is 15.7. The first-order valence-corrected chi connectivity index (χ1v) is 6.79. The molecule has 0 aliphatic carbocycles. The molecule has 1 saturated heterocycles. The van der Waals surface area contributed by atoms with Crippen LogP contribution >= 0.6 is 0 Å². The van der Waals surface area contributed by atoms with Gasteiger partial charge in [0.05, 0.1) is 12.6 Å². The molecular formula is C12H23N5O2. The Morgan fingerprint density at radius 1 is 1.47 bits per heavy atom. The zero-order valence-corrected chi connectivity index (χ0v) is 11.9. The fraction of sp³-hybridized carbons (Fsp3) is 0.917. The summed E-state index contributed by atoms with van der Waals surface area (Å²) in [6.07, 6.45) is 2.50. The number of nitrogens with one attached hydrogen (secondary N) is 1. The number of methoxy groups -OCH3 is 1. The zero-order valence-electron chi connectivity index (χ0n) is 11.9. The van der Waals surface area contributed by atoms with Gasteiger partial charge in [0.25, 0.3) is 0 Å². The van der Waals surface area contributed by atoms with E-state index in [4.69, 9.17) is 9.47 Å². The quantitative estimate of drug-likeness (QED) is 0.779. The van der Waals surface area contributed by atoms with Gasteiger partial charge in [0.15, 0.2) is 5.82 Å². The summed E-state index contributed by atoms with van der Waals surface area (Å²) in [7, 11) is 3.55. The monoisotopic (exact) mass is 269 g/mol. The lowest BCUT2D eigenvalue weighted by Crippen LogP contribution is -2.56. The minimum atomic E-state index is -0.201. The Balaban J connectivity index is 2.12. The average molecular weight is 269 g/mol. The average Bonchev–Trinajstić information content (AvgIpc) is 2.84. The molecule has 1 aliphatic rings. The van der Waals surface area contributed by atoms with Gasteiger partial charge in [0, 0.05) is 45.6 Å². The van der Waals surface area contributed by atoms with Crippen LogP contribution in [0.3, 0.4) is 0 Å². The Kier molecular flexibility index (Phi) is 4.84. The summed E-state index contributed by atoms with van der Waals surface area (Å²) in [6.45, 7) is 4.46. The largest absolute Gasteiger partial charge is 0.381 e. The molecule has 2 rings (SSSR count). The van der Waals surface area contributed by atoms with E-state index in [1.165, 1.54) is 4.80 Å². The van der Waals surface area contributed by atoms with Crippen LogP contribution in [0, 0.1) is 0 Å². The Labute approximate surface area is 113 Å². The predicted molar refractivity (Wildman–Crippen MR) is 69.8 cm³/mol. The van der Waals surface area contributed by atoms with Crippen LogP contribution < -0.4 is 5.32 Å². The Morgan fingerprint density at radius 3 is 2.74 bits per heavy atom. The van der Waals surface area contributed by atoms with Crippen LogP contribution in [0.25, 0.3) is 0 Å². The van der Waals surface area contributed by atoms with Crippen molar-refractivity contribution in [3.63, 3.8) is 0 Å². The molecule has 1 aromatic rings. The molecule has 0 spiro atoms. The van der Waals surface area contributed by atoms with Gasteiger partial charge in [-0.2, -0.15) is 4.80 Å². The van der Waals surface area contributed by atoms with Crippen LogP contribution in [-0.4, -0.2) is 58.7 Å². The molecule has 1 unspecified atom stereocenters. The molecular weight excluding hydrogens is 246 g/mol. The van der Waals surface area contributed by atoms with Crippen molar-refractivity contribution in [2.24, 2.45) is 7.05 Å². The molecule has 0 amide bonds. The maximum atomic E-state index is 5.85. The van der Waals surface area contributed by atoms with Crippen LogP contribution in [-0.2, 0) is 22.9 Å². The van der Waals surface area contributed by atoms with E-state index in [0.717, 1.165) is 44.8 Å². The molecule has 7 nitrogen and oxygen atoms in total. The summed E-state index contributed by atoms with van der Waals surface area (Å²) in [4.78, 5) is 1.49. The third-order valence-electron chi connectivity index (χ3n) is 3.77. The number of aromatic nitrogens is 4. The van der Waals surface area contributed by atoms with E-state index in [9.17, 15) is 0 Å². The fourth-order valence-electron chi connectivity index (χ4n) is 2.69. The number of nitrogens with zero attached hydrogens (tertiary/aromatic N) is 4. The van der Waals surface area contributed by atoms with Crippen LogP contribution in [0.2, 0.25) is 0 Å². The van der Waals surface area contributed by atoms with E-state index in [2.05, 4.69) is 27.7 Å². The molecule has 19 heavy (non-hydrogen) atoms. The topological polar surface area (TPSA) is 74.1 Å². The third-order valence-corrected chi connectivity index (χ3v) is 3.77. The van der Waals surface area contributed by atoms with Crippen molar-refractivity contribution >= 4 is 0 Å². The van der Waals surface area contributed by atoms with Crippen molar-refractivity contribution in [1.29, 1.82) is 0 Å². The molecule has 1 fully saturated rings. The first-order chi connectivity index (χ1) is 9.20. The second-order valence-electron chi connectivity index (χ2n) is 4.89. The van der Waals surface area contributed by atoms with Crippen LogP contribution in [0.5, 0.6) is 0 Å². The van der Waals surface area contributed by atoms with Crippen molar-refractivity contribution in [3.8, 4) is 0 Å². The molecule has 2 heterocycles. The SMILES string of the molecule is CCNC(Cc1nnn(C)n1)C1(OC)CCOCC1. The molecule has 0 bridgehead atoms. The van der Waals surface area contributed by atoms with E-state index < -0.39 is 0 Å². The van der Waals surface area contributed by atoms with Gasteiger partial charge in [-0.3, -0.25) is 0 Å². The lowest BCUT2D eigenvalue weighted by atomic mass is 9.84. The van der Waals surface area contributed by atoms with Gasteiger partial charge in [-0.25, -0.2) is 0 Å². The Bertz CT molecular complexity index is 389. The van der Waals surface area contributed by atoms with Crippen molar-refractivity contribution in [1.82, 2.24) is 25.5 Å². The van der Waals surface area contributed by atoms with Crippen LogP contribution in [0.1, 0.15) is 25.6 Å². The summed E-state index contributed by atoms with van der Waals surface area (Å²) in [5.41, 5.74) is -0.201. The van der Waals surface area contributed by atoms with Gasteiger partial charge < -0.3 is 14.8 Å². The van der Waals surface area contributed by atoms with Crippen molar-refractivity contribution < 1.29 is 9.47 Å². The van der Waals surface area contributed by atoms with E-state index in [1.54, 1.807) is 14.2 Å². The van der Waals surface area contributed by atoms with Crippen molar-refractivity contribution in [2.75, 3.05) is 26.9 Å². The van der Waals surface area contributed by atoms with Gasteiger partial charge in [0.2, 0.25) is 0 Å². The number of aryl methyl sites for hydroxylation is 1. The normalized spacial score (nSPS) is 20.4. The smallest absolute Gasteiger partial charge is 0.176 e. The van der Waals surface area contributed by atoms with Gasteiger partial charge in [-0.15, -0.1) is 10.2 Å². The molecule has 0 saturated carbocycles. The van der Waals surface area contributed by atoms with E-state index in [1.807, 2.05) is 0 Å². The first-order valence-electron chi connectivity index (χ1n) is 6.79. The predicted octanol–water partition coefficient (Wildman–Crippen LogP) is -0.0737. The molecule has 7 heteroatoms. The zero-order chi connectivity index (χ0) is 13.7. The molecule has 108 valence electrons. The van der Waals surface area contributed by atoms with Crippen LogP contribution in [0.15, 0.2) is 0 Å². The number of hydrogen-bond donors (Lipinski definition) is 1. The first kappa shape index (κ1) is 14.4. The van der Waals surface area contributed by atoms with Gasteiger partial charge >= 0.3 is 0 Å². The lowest BCUT2D eigenvalue weighted by molar-refractivity contribution is -0.110. The van der Waals surface area contributed by atoms with Gasteiger partial charge in [0.1, 0.15) is 0 Å². The minimum absolute atomic E-state index is 0.176. The highest BCUT2D eigenvalue weighted by molar-refractivity contribution is 4.99. The summed E-state index contributed by atoms with van der Waals surface area (Å²) in [5.74, 6) is 0.747. The van der Waals surface area contributed by atoms with Gasteiger partial charge in [-0.1, -0.05) is 6.92 Å². The highest BCUT2D eigenvalue weighted by Gasteiger charge is 2.40. The Morgan fingerprint density at radius 2 is 2.21 bits per heavy atom. The number of ether oxygens (including phenoxy) is 2. The second-order valence-corrected chi connectivity index (χ2v) is 4.89. The fourth-order valence-corrected chi connectivity index (χ4v) is 2.69. The molecule has 1 aromatic heterocycles. The summed E-state index contributed by atoms with van der Waals surface area (Å²) in [6, 6.07) is 0.176. The molecule has 0 radical (unpaired) electrons. The molecule has 1 atom stereocenters. The highest BCUT2D eigenvalue weighted by Crippen LogP contribution is 2.29. The van der Waals surface area contributed by atoms with Crippen molar-refractivity contribution in [3.05, 3.63) is 5.82 Å². The molecule has 0 aromatic carbocycles. The second kappa shape index (κ2) is 6.40. The number of hydrogen-bond acceptors (Lipinski definition) is 6. The van der Waals surface area contributed by atoms with Crippen LogP contribution in [0.4, 0.5) is 0 Å². The maximum Gasteiger partial charge on any atom is 0.176 e. The van der Waals surface area contributed by atoms with Gasteiger partial charge in [-0.05, 0) is 11.8 Å². The minimum Gasteiger partial charge on any atom is -0.381 e. The number of rotatable bonds is 6. The Hall–Kier alpha value is -1.05. The maximum absolute atomic E-state index is 5.85. The van der Waals surface area contributed by atoms with E-state index in [0.29, 0.717) is 0 Å². The summed E-state index contributed by atoms with van der Waals surface area (Å²) >= 11 is 0. The lowest BCUT2D eigenvalue weighted by Gasteiger charge is -2.42. The number of likely N-dealkylation sites (N-methyl/N-ethyl adjacent to an activating group) is 1.